The highest BCUT2D eigenvalue weighted by Gasteiger charge is 2.24. The first-order valence-electron chi connectivity index (χ1n) is 19.7. The Morgan fingerprint density at radius 3 is 1.86 bits per heavy atom. The average molecular weight is 826 g/mol. The fourth-order valence-corrected chi connectivity index (χ4v) is 10.5. The van der Waals surface area contributed by atoms with E-state index < -0.39 is 0 Å². The molecule has 0 spiro atoms. The van der Waals surface area contributed by atoms with E-state index >= 15 is 0 Å². The van der Waals surface area contributed by atoms with Crippen molar-refractivity contribution >= 4 is 97.1 Å². The zero-order chi connectivity index (χ0) is 38.9. The number of hydrogen-bond acceptors (Lipinski definition) is 2. The van der Waals surface area contributed by atoms with Crippen LogP contribution in [0.3, 0.4) is 0 Å². The Balaban J connectivity index is 1.19. The molecule has 0 fully saturated rings. The summed E-state index contributed by atoms with van der Waals surface area (Å²) in [4.78, 5) is 2.43. The molecule has 2 heterocycles. The number of fused-ring (bicyclic) bond motifs is 8. The summed E-state index contributed by atoms with van der Waals surface area (Å²) < 4.78 is 6.15. The maximum Gasteiger partial charge on any atom is 0.0582 e. The van der Waals surface area contributed by atoms with Gasteiger partial charge in [0.2, 0.25) is 0 Å². The lowest BCUT2D eigenvalue weighted by atomic mass is 9.89. The van der Waals surface area contributed by atoms with Crippen LogP contribution in [0.15, 0.2) is 193 Å². The van der Waals surface area contributed by atoms with Crippen molar-refractivity contribution in [2.45, 2.75) is 13.8 Å². The lowest BCUT2D eigenvalue weighted by Gasteiger charge is -2.26. The van der Waals surface area contributed by atoms with E-state index in [2.05, 4.69) is 227 Å². The van der Waals surface area contributed by atoms with Crippen LogP contribution in [0.1, 0.15) is 11.1 Å². The number of aromatic nitrogens is 1. The SMILES string of the molecule is Cc1ccccc1-c1c(C)c2c(c3ccccc13)c1cc(N(c3ccc(-c4ccc(Br)cc4)cc3)c3ccc4c(c3)sc3ccccc34)ccc1n2-c1ccccc1. The van der Waals surface area contributed by atoms with E-state index in [4.69, 9.17) is 0 Å². The average Bonchev–Trinajstić information content (AvgIpc) is 3.81. The monoisotopic (exact) mass is 824 g/mol. The molecular formula is C54H37BrN2S. The van der Waals surface area contributed by atoms with E-state index in [0.29, 0.717) is 0 Å². The van der Waals surface area contributed by atoms with Crippen LogP contribution in [0.2, 0.25) is 0 Å². The molecular weight excluding hydrogens is 789 g/mol. The van der Waals surface area contributed by atoms with E-state index in [1.54, 1.807) is 0 Å². The van der Waals surface area contributed by atoms with E-state index in [1.165, 1.54) is 86.1 Å². The van der Waals surface area contributed by atoms with E-state index in [9.17, 15) is 0 Å². The quantitative estimate of drug-likeness (QED) is 0.162. The fourth-order valence-electron chi connectivity index (χ4n) is 9.08. The van der Waals surface area contributed by atoms with Gasteiger partial charge in [0.25, 0.3) is 0 Å². The molecule has 0 saturated heterocycles. The predicted octanol–water partition coefficient (Wildman–Crippen LogP) is 16.5. The standard InChI is InChI=1S/C54H37BrN2S/c1-34-12-6-7-15-43(34)52-35(2)54-53(47-18-9-8-17-46(47)52)48-32-41(29-31-49(48)57(54)39-13-4-3-5-14-39)56(40-26-22-37(23-27-40)36-20-24-38(55)25-21-36)42-28-30-45-44-16-10-11-19-50(44)58-51(45)33-42/h3-33H,1-2H3. The highest BCUT2D eigenvalue weighted by Crippen LogP contribution is 2.47. The molecule has 0 N–H and O–H groups in total. The van der Waals surface area contributed by atoms with Crippen molar-refractivity contribution in [3.8, 4) is 27.9 Å². The van der Waals surface area contributed by atoms with E-state index in [1.807, 2.05) is 11.3 Å². The molecule has 0 radical (unpaired) electrons. The third-order valence-electron chi connectivity index (χ3n) is 11.8. The van der Waals surface area contributed by atoms with Gasteiger partial charge in [-0.25, -0.2) is 0 Å². The van der Waals surface area contributed by atoms with Crippen molar-refractivity contribution in [2.24, 2.45) is 0 Å². The van der Waals surface area contributed by atoms with Crippen LogP contribution in [0, 0.1) is 13.8 Å². The number of thiophene rings is 1. The Morgan fingerprint density at radius 2 is 1.09 bits per heavy atom. The minimum atomic E-state index is 1.08. The Bertz CT molecular complexity index is 3360. The minimum absolute atomic E-state index is 1.08. The molecule has 58 heavy (non-hydrogen) atoms. The second kappa shape index (κ2) is 13.9. The molecule has 0 bridgehead atoms. The molecule has 9 aromatic carbocycles. The van der Waals surface area contributed by atoms with Crippen LogP contribution in [0.25, 0.3) is 80.7 Å². The van der Waals surface area contributed by atoms with Gasteiger partial charge in [-0.05, 0) is 131 Å². The van der Waals surface area contributed by atoms with Crippen LogP contribution in [0.5, 0.6) is 0 Å². The summed E-state index contributed by atoms with van der Waals surface area (Å²) in [7, 11) is 0. The van der Waals surface area contributed by atoms with Gasteiger partial charge >= 0.3 is 0 Å². The summed E-state index contributed by atoms with van der Waals surface area (Å²) in [6.07, 6.45) is 0. The Kier molecular flexibility index (Phi) is 8.32. The Morgan fingerprint density at radius 1 is 0.483 bits per heavy atom. The smallest absolute Gasteiger partial charge is 0.0582 e. The molecule has 0 amide bonds. The Labute approximate surface area is 350 Å². The van der Waals surface area contributed by atoms with Crippen molar-refractivity contribution < 1.29 is 0 Å². The van der Waals surface area contributed by atoms with Crippen LogP contribution in [-0.2, 0) is 0 Å². The van der Waals surface area contributed by atoms with Gasteiger partial charge in [-0.1, -0.05) is 131 Å². The number of anilines is 3. The number of nitrogens with zero attached hydrogens (tertiary/aromatic N) is 2. The number of para-hydroxylation sites is 1. The maximum atomic E-state index is 3.60. The van der Waals surface area contributed by atoms with Gasteiger partial charge in [-0.15, -0.1) is 11.3 Å². The van der Waals surface area contributed by atoms with Gasteiger partial charge in [0.05, 0.1) is 11.0 Å². The molecule has 11 rings (SSSR count). The fraction of sp³-hybridized carbons (Fsp3) is 0.0370. The molecule has 0 unspecified atom stereocenters. The highest BCUT2D eigenvalue weighted by molar-refractivity contribution is 9.10. The van der Waals surface area contributed by atoms with Crippen molar-refractivity contribution in [3.05, 3.63) is 204 Å². The number of rotatable bonds is 6. The largest absolute Gasteiger partial charge is 0.310 e. The lowest BCUT2D eigenvalue weighted by Crippen LogP contribution is -2.09. The topological polar surface area (TPSA) is 8.17 Å². The first-order valence-corrected chi connectivity index (χ1v) is 21.3. The molecule has 0 aliphatic rings. The first-order chi connectivity index (χ1) is 28.5. The first kappa shape index (κ1) is 34.8. The normalized spacial score (nSPS) is 11.7. The third kappa shape index (κ3) is 5.59. The van der Waals surface area contributed by atoms with Crippen molar-refractivity contribution in [1.29, 1.82) is 0 Å². The number of halogens is 1. The summed E-state index contributed by atoms with van der Waals surface area (Å²) >= 11 is 5.46. The molecule has 276 valence electrons. The van der Waals surface area contributed by atoms with Crippen molar-refractivity contribution in [1.82, 2.24) is 4.57 Å². The summed E-state index contributed by atoms with van der Waals surface area (Å²) in [5, 5.41) is 7.64. The summed E-state index contributed by atoms with van der Waals surface area (Å²) in [6.45, 7) is 4.54. The molecule has 0 aliphatic carbocycles. The van der Waals surface area contributed by atoms with Gasteiger partial charge in [-0.2, -0.15) is 0 Å². The lowest BCUT2D eigenvalue weighted by molar-refractivity contribution is 1.17. The molecule has 0 aliphatic heterocycles. The van der Waals surface area contributed by atoms with Gasteiger partial charge in [0, 0.05) is 58.2 Å². The molecule has 0 saturated carbocycles. The van der Waals surface area contributed by atoms with Crippen LogP contribution < -0.4 is 4.90 Å². The van der Waals surface area contributed by atoms with Crippen LogP contribution in [-0.4, -0.2) is 4.57 Å². The van der Waals surface area contributed by atoms with Crippen LogP contribution >= 0.6 is 27.3 Å². The van der Waals surface area contributed by atoms with Gasteiger partial charge in [0.1, 0.15) is 0 Å². The molecule has 2 aromatic heterocycles. The zero-order valence-corrected chi connectivity index (χ0v) is 34.5. The maximum absolute atomic E-state index is 3.60. The number of benzene rings is 9. The molecule has 11 aromatic rings. The zero-order valence-electron chi connectivity index (χ0n) is 32.1. The Hall–Kier alpha value is -6.46. The van der Waals surface area contributed by atoms with Gasteiger partial charge in [-0.3, -0.25) is 0 Å². The number of aryl methyl sites for hydroxylation is 2. The van der Waals surface area contributed by atoms with Crippen molar-refractivity contribution in [3.63, 3.8) is 0 Å². The van der Waals surface area contributed by atoms with E-state index in [0.717, 1.165) is 27.2 Å². The highest BCUT2D eigenvalue weighted by atomic mass is 79.9. The second-order valence-electron chi connectivity index (χ2n) is 15.1. The van der Waals surface area contributed by atoms with E-state index in [-0.39, 0.29) is 0 Å². The van der Waals surface area contributed by atoms with Crippen LogP contribution in [0.4, 0.5) is 17.1 Å². The predicted molar refractivity (Wildman–Crippen MR) is 254 cm³/mol. The molecule has 4 heteroatoms. The third-order valence-corrected chi connectivity index (χ3v) is 13.4. The molecule has 0 atom stereocenters. The van der Waals surface area contributed by atoms with Gasteiger partial charge in [0.15, 0.2) is 0 Å². The summed E-state index contributed by atoms with van der Waals surface area (Å²) in [5.41, 5.74) is 14.4. The summed E-state index contributed by atoms with van der Waals surface area (Å²) in [6, 6.07) is 68.9. The second-order valence-corrected chi connectivity index (χ2v) is 17.1. The summed E-state index contributed by atoms with van der Waals surface area (Å²) in [5.74, 6) is 0. The van der Waals surface area contributed by atoms with Crippen molar-refractivity contribution in [2.75, 3.05) is 4.90 Å². The number of hydrogen-bond donors (Lipinski definition) is 0. The molecule has 2 nitrogen and oxygen atoms in total. The minimum Gasteiger partial charge on any atom is -0.310 e. The van der Waals surface area contributed by atoms with Gasteiger partial charge < -0.3 is 9.47 Å².